The third-order valence-electron chi connectivity index (χ3n) is 7.22. The van der Waals surface area contributed by atoms with Gasteiger partial charge in [0.05, 0.1) is 29.8 Å². The van der Waals surface area contributed by atoms with Crippen LogP contribution in [-0.4, -0.2) is 34.5 Å². The number of hydrogen-bond donors (Lipinski definition) is 3. The first-order valence-corrected chi connectivity index (χ1v) is 12.1. The van der Waals surface area contributed by atoms with Crippen molar-refractivity contribution in [2.24, 2.45) is 14.1 Å². The number of para-hydroxylation sites is 1. The molecule has 5 heterocycles. The maximum atomic E-state index is 13.5. The van der Waals surface area contributed by atoms with Crippen molar-refractivity contribution >= 4 is 10.9 Å². The molecule has 1 unspecified atom stereocenters. The predicted octanol–water partition coefficient (Wildman–Crippen LogP) is 3.30. The highest BCUT2D eigenvalue weighted by atomic mass is 19.1. The molecule has 0 saturated carbocycles. The number of H-pyrrole nitrogens is 2. The molecular weight excluding hydrogens is 487 g/mol. The number of aromatic amines is 2. The molecule has 190 valence electrons. The van der Waals surface area contributed by atoms with E-state index in [-0.39, 0.29) is 17.7 Å². The minimum absolute atomic E-state index is 0.195. The van der Waals surface area contributed by atoms with Gasteiger partial charge in [-0.15, -0.1) is 5.10 Å². The maximum Gasteiger partial charge on any atom is 0.436 e. The van der Waals surface area contributed by atoms with Crippen LogP contribution < -0.4 is 11.1 Å². The Morgan fingerprint density at radius 1 is 1.08 bits per heavy atom. The predicted molar refractivity (Wildman–Crippen MR) is 137 cm³/mol. The number of imidazole rings is 1. The van der Waals surface area contributed by atoms with Gasteiger partial charge in [0.25, 0.3) is 0 Å². The Balaban J connectivity index is 1.46. The standard InChI is InChI=1S/C27H23FN8O2/c1-35-14-16(12-30-35)27(25-34-36(2)26(37)38-25)23-19(18-5-3-4-6-20(18)31-23)11-21(33-27)24-29-13-22(32-24)15-7-9-17(28)10-8-15/h3-10,12-14,21,31,33H,11H2,1-2H3,(H,29,32)/t21-,27?/m1/s1. The average molecular weight is 511 g/mol. The molecule has 10 nitrogen and oxygen atoms in total. The summed E-state index contributed by atoms with van der Waals surface area (Å²) in [5, 5.41) is 13.7. The first kappa shape index (κ1) is 22.4. The zero-order valence-electron chi connectivity index (χ0n) is 20.6. The van der Waals surface area contributed by atoms with Crippen molar-refractivity contribution in [3.05, 3.63) is 112 Å². The molecule has 0 fully saturated rings. The topological polar surface area (TPSA) is 122 Å². The Bertz CT molecular complexity index is 1860. The number of benzene rings is 2. The first-order chi connectivity index (χ1) is 18.4. The van der Waals surface area contributed by atoms with Gasteiger partial charge in [-0.3, -0.25) is 10.00 Å². The number of aryl methyl sites for hydroxylation is 2. The third kappa shape index (κ3) is 3.28. The molecule has 1 aliphatic heterocycles. The van der Waals surface area contributed by atoms with Gasteiger partial charge in [0.1, 0.15) is 11.6 Å². The van der Waals surface area contributed by atoms with E-state index in [1.165, 1.54) is 16.8 Å². The van der Waals surface area contributed by atoms with Crippen LogP contribution in [0.4, 0.5) is 4.39 Å². The van der Waals surface area contributed by atoms with E-state index in [9.17, 15) is 9.18 Å². The molecule has 4 aromatic heterocycles. The summed E-state index contributed by atoms with van der Waals surface area (Å²) in [5.41, 5.74) is 4.03. The lowest BCUT2D eigenvalue weighted by Crippen LogP contribution is -2.51. The van der Waals surface area contributed by atoms with E-state index in [2.05, 4.69) is 31.5 Å². The number of nitrogens with zero attached hydrogens (tertiary/aromatic N) is 5. The normalized spacial score (nSPS) is 19.2. The highest BCUT2D eigenvalue weighted by molar-refractivity contribution is 5.86. The van der Waals surface area contributed by atoms with Gasteiger partial charge in [0, 0.05) is 36.8 Å². The monoisotopic (exact) mass is 510 g/mol. The van der Waals surface area contributed by atoms with E-state index in [1.807, 2.05) is 31.4 Å². The first-order valence-electron chi connectivity index (χ1n) is 12.1. The van der Waals surface area contributed by atoms with Crippen LogP contribution in [0, 0.1) is 5.82 Å². The van der Waals surface area contributed by atoms with Crippen molar-refractivity contribution in [2.75, 3.05) is 0 Å². The molecule has 38 heavy (non-hydrogen) atoms. The fourth-order valence-corrected chi connectivity index (χ4v) is 5.41. The lowest BCUT2D eigenvalue weighted by molar-refractivity contribution is 0.284. The number of fused-ring (bicyclic) bond motifs is 3. The van der Waals surface area contributed by atoms with E-state index in [0.717, 1.165) is 39.0 Å². The van der Waals surface area contributed by atoms with E-state index in [0.29, 0.717) is 12.2 Å². The summed E-state index contributed by atoms with van der Waals surface area (Å²) in [6.45, 7) is 0. The summed E-state index contributed by atoms with van der Waals surface area (Å²) in [6, 6.07) is 14.0. The minimum atomic E-state index is -1.16. The van der Waals surface area contributed by atoms with Crippen LogP contribution in [-0.2, 0) is 26.1 Å². The highest BCUT2D eigenvalue weighted by Gasteiger charge is 2.50. The highest BCUT2D eigenvalue weighted by Crippen LogP contribution is 2.45. The van der Waals surface area contributed by atoms with Gasteiger partial charge in [-0.2, -0.15) is 9.78 Å². The molecular formula is C27H23FN8O2. The smallest absolute Gasteiger partial charge is 0.389 e. The van der Waals surface area contributed by atoms with Gasteiger partial charge in [0.15, 0.2) is 5.54 Å². The molecule has 0 bridgehead atoms. The Hall–Kier alpha value is -4.77. The van der Waals surface area contributed by atoms with Gasteiger partial charge in [0.2, 0.25) is 5.89 Å². The van der Waals surface area contributed by atoms with Crippen molar-refractivity contribution < 1.29 is 8.81 Å². The average Bonchev–Trinajstić information content (AvgIpc) is 3.71. The van der Waals surface area contributed by atoms with Crippen molar-refractivity contribution in [3.63, 3.8) is 0 Å². The van der Waals surface area contributed by atoms with Crippen LogP contribution >= 0.6 is 0 Å². The molecule has 3 N–H and O–H groups in total. The van der Waals surface area contributed by atoms with E-state index in [4.69, 9.17) is 9.40 Å². The van der Waals surface area contributed by atoms with Crippen LogP contribution in [0.1, 0.15) is 34.6 Å². The van der Waals surface area contributed by atoms with Gasteiger partial charge in [-0.25, -0.2) is 14.2 Å². The van der Waals surface area contributed by atoms with Crippen molar-refractivity contribution in [1.29, 1.82) is 0 Å². The molecule has 0 saturated heterocycles. The third-order valence-corrected chi connectivity index (χ3v) is 7.22. The van der Waals surface area contributed by atoms with Gasteiger partial charge >= 0.3 is 5.76 Å². The number of nitrogens with one attached hydrogen (secondary N) is 3. The number of halogens is 1. The molecule has 0 spiro atoms. The van der Waals surface area contributed by atoms with Crippen molar-refractivity contribution in [3.8, 4) is 11.3 Å². The van der Waals surface area contributed by atoms with Gasteiger partial charge < -0.3 is 14.4 Å². The number of aromatic nitrogens is 7. The molecule has 7 rings (SSSR count). The van der Waals surface area contributed by atoms with Crippen LogP contribution in [0.5, 0.6) is 0 Å². The van der Waals surface area contributed by atoms with Crippen LogP contribution in [0.15, 0.2) is 76.3 Å². The minimum Gasteiger partial charge on any atom is -0.389 e. The summed E-state index contributed by atoms with van der Waals surface area (Å²) >= 11 is 0. The van der Waals surface area contributed by atoms with Crippen molar-refractivity contribution in [2.45, 2.75) is 18.0 Å². The second kappa shape index (κ2) is 8.12. The molecule has 2 aromatic carbocycles. The second-order valence-corrected chi connectivity index (χ2v) is 9.56. The maximum absolute atomic E-state index is 13.5. The molecule has 0 radical (unpaired) electrons. The van der Waals surface area contributed by atoms with E-state index < -0.39 is 11.3 Å². The zero-order valence-corrected chi connectivity index (χ0v) is 20.6. The number of hydrogen-bond acceptors (Lipinski definition) is 6. The summed E-state index contributed by atoms with van der Waals surface area (Å²) in [6.07, 6.45) is 5.97. The Labute approximate surface area is 215 Å². The molecule has 6 aromatic rings. The van der Waals surface area contributed by atoms with Gasteiger partial charge in [-0.1, -0.05) is 18.2 Å². The second-order valence-electron chi connectivity index (χ2n) is 9.56. The van der Waals surface area contributed by atoms with E-state index in [1.54, 1.807) is 36.3 Å². The molecule has 0 amide bonds. The summed E-state index contributed by atoms with van der Waals surface area (Å²) in [7, 11) is 3.39. The van der Waals surface area contributed by atoms with E-state index >= 15 is 0 Å². The quantitative estimate of drug-likeness (QED) is 0.335. The molecule has 2 atom stereocenters. The van der Waals surface area contributed by atoms with Crippen LogP contribution in [0.3, 0.4) is 0 Å². The summed E-state index contributed by atoms with van der Waals surface area (Å²) in [5.74, 6) is 0.0153. The molecule has 11 heteroatoms. The Morgan fingerprint density at radius 2 is 1.89 bits per heavy atom. The lowest BCUT2D eigenvalue weighted by atomic mass is 9.79. The Kier molecular flexibility index (Phi) is 4.79. The van der Waals surface area contributed by atoms with Crippen molar-refractivity contribution in [1.82, 2.24) is 39.8 Å². The zero-order chi connectivity index (χ0) is 26.0. The lowest BCUT2D eigenvalue weighted by Gasteiger charge is -2.38. The van der Waals surface area contributed by atoms with Crippen LogP contribution in [0.25, 0.3) is 22.2 Å². The molecule has 0 aliphatic carbocycles. The SMILES string of the molecule is Cn1cc(C2(c3nn(C)c(=O)o3)N[C@@H](c3ncc(-c4ccc(F)cc4)[nH]3)Cc3c2[nH]c2ccccc32)cn1. The largest absolute Gasteiger partial charge is 0.436 e. The molecule has 1 aliphatic rings. The van der Waals surface area contributed by atoms with Gasteiger partial charge in [-0.05, 0) is 47.9 Å². The van der Waals surface area contributed by atoms with Crippen LogP contribution in [0.2, 0.25) is 0 Å². The summed E-state index contributed by atoms with van der Waals surface area (Å²) in [4.78, 5) is 24.2. The number of rotatable bonds is 4. The Morgan fingerprint density at radius 3 is 2.63 bits per heavy atom. The summed E-state index contributed by atoms with van der Waals surface area (Å²) < 4.78 is 22.1. The fraction of sp³-hybridized carbons (Fsp3) is 0.185. The fourth-order valence-electron chi connectivity index (χ4n) is 5.41.